The van der Waals surface area contributed by atoms with Crippen molar-refractivity contribution in [1.82, 2.24) is 4.90 Å². The van der Waals surface area contributed by atoms with Gasteiger partial charge in [0.05, 0.1) is 11.1 Å². The molecule has 1 aliphatic heterocycles. The van der Waals surface area contributed by atoms with Crippen LogP contribution in [0.5, 0.6) is 0 Å². The molecule has 6 heteroatoms. The van der Waals surface area contributed by atoms with Crippen LogP contribution in [-0.4, -0.2) is 29.4 Å². The van der Waals surface area contributed by atoms with Crippen molar-refractivity contribution < 1.29 is 19.1 Å². The molecule has 3 rings (SSSR count). The Hall–Kier alpha value is -2.47. The van der Waals surface area contributed by atoms with E-state index in [0.717, 1.165) is 9.78 Å². The first kappa shape index (κ1) is 13.5. The van der Waals surface area contributed by atoms with E-state index >= 15 is 0 Å². The molecule has 1 aliphatic rings. The molecule has 0 radical (unpaired) electrons. The van der Waals surface area contributed by atoms with Crippen LogP contribution in [0, 0.1) is 6.92 Å². The molecule has 0 fully saturated rings. The standard InChI is InChI=1S/C15H11NO4S/c1-9-6-7-12(21-9)15(19)20-8-16-13(17)10-4-2-3-5-11(10)14(16)18/h2-7H,8H2,1H3. The molecular formula is C15H11NO4S. The lowest BCUT2D eigenvalue weighted by molar-refractivity contribution is 0.0232. The normalized spacial score (nSPS) is 13.5. The fraction of sp³-hybridized carbons (Fsp3) is 0.133. The van der Waals surface area contributed by atoms with Gasteiger partial charge in [-0.3, -0.25) is 9.59 Å². The van der Waals surface area contributed by atoms with Crippen molar-refractivity contribution in [2.75, 3.05) is 6.73 Å². The van der Waals surface area contributed by atoms with Gasteiger partial charge in [0, 0.05) is 4.88 Å². The molecule has 21 heavy (non-hydrogen) atoms. The number of hydrogen-bond donors (Lipinski definition) is 0. The zero-order valence-electron chi connectivity index (χ0n) is 11.2. The lowest BCUT2D eigenvalue weighted by atomic mass is 10.1. The molecule has 0 saturated carbocycles. The summed E-state index contributed by atoms with van der Waals surface area (Å²) in [6.07, 6.45) is 0. The quantitative estimate of drug-likeness (QED) is 0.645. The zero-order chi connectivity index (χ0) is 15.0. The maximum absolute atomic E-state index is 12.1. The number of ether oxygens (including phenoxy) is 1. The highest BCUT2D eigenvalue weighted by molar-refractivity contribution is 7.13. The molecule has 0 spiro atoms. The molecule has 0 atom stereocenters. The van der Waals surface area contributed by atoms with Crippen LogP contribution in [0.25, 0.3) is 0 Å². The van der Waals surface area contributed by atoms with Crippen molar-refractivity contribution in [3.8, 4) is 0 Å². The predicted octanol–water partition coefficient (Wildman–Crippen LogP) is 2.47. The monoisotopic (exact) mass is 301 g/mol. The minimum atomic E-state index is -0.537. The summed E-state index contributed by atoms with van der Waals surface area (Å²) < 4.78 is 5.05. The van der Waals surface area contributed by atoms with Crippen molar-refractivity contribution in [3.05, 3.63) is 57.3 Å². The first-order valence-electron chi connectivity index (χ1n) is 6.26. The predicted molar refractivity (Wildman–Crippen MR) is 76.3 cm³/mol. The number of carbonyl (C=O) groups excluding carboxylic acids is 3. The van der Waals surface area contributed by atoms with Gasteiger partial charge in [0.25, 0.3) is 11.8 Å². The molecule has 1 aromatic carbocycles. The van der Waals surface area contributed by atoms with Crippen LogP contribution in [0.4, 0.5) is 0 Å². The number of carbonyl (C=O) groups is 3. The highest BCUT2D eigenvalue weighted by atomic mass is 32.1. The SMILES string of the molecule is Cc1ccc(C(=O)OCN2C(=O)c3ccccc3C2=O)s1. The Morgan fingerprint density at radius 1 is 1.10 bits per heavy atom. The molecule has 2 aromatic rings. The van der Waals surface area contributed by atoms with E-state index in [1.54, 1.807) is 30.3 Å². The summed E-state index contributed by atoms with van der Waals surface area (Å²) in [6.45, 7) is 1.51. The van der Waals surface area contributed by atoms with Gasteiger partial charge in [-0.2, -0.15) is 0 Å². The minimum absolute atomic E-state index is 0.338. The molecule has 5 nitrogen and oxygen atoms in total. The van der Waals surface area contributed by atoms with Crippen LogP contribution >= 0.6 is 11.3 Å². The van der Waals surface area contributed by atoms with Gasteiger partial charge in [-0.25, -0.2) is 9.69 Å². The topological polar surface area (TPSA) is 63.7 Å². The Balaban J connectivity index is 1.71. The molecule has 0 aliphatic carbocycles. The van der Waals surface area contributed by atoms with Crippen LogP contribution in [0.2, 0.25) is 0 Å². The lowest BCUT2D eigenvalue weighted by Gasteiger charge is -2.13. The van der Waals surface area contributed by atoms with Gasteiger partial charge in [-0.05, 0) is 31.2 Å². The lowest BCUT2D eigenvalue weighted by Crippen LogP contribution is -2.33. The summed E-state index contributed by atoms with van der Waals surface area (Å²) in [5.41, 5.74) is 0.677. The summed E-state index contributed by atoms with van der Waals surface area (Å²) >= 11 is 1.30. The second-order valence-electron chi connectivity index (χ2n) is 4.56. The molecule has 0 unspecified atom stereocenters. The molecule has 1 aromatic heterocycles. The van der Waals surface area contributed by atoms with E-state index in [1.807, 2.05) is 13.0 Å². The molecule has 0 N–H and O–H groups in total. The first-order valence-corrected chi connectivity index (χ1v) is 7.08. The van der Waals surface area contributed by atoms with Crippen molar-refractivity contribution in [2.24, 2.45) is 0 Å². The van der Waals surface area contributed by atoms with E-state index in [0.29, 0.717) is 16.0 Å². The molecule has 2 amide bonds. The summed E-state index contributed by atoms with van der Waals surface area (Å²) in [5, 5.41) is 0. The summed E-state index contributed by atoms with van der Waals surface area (Å²) in [5.74, 6) is -1.42. The van der Waals surface area contributed by atoms with E-state index in [9.17, 15) is 14.4 Å². The number of thiophene rings is 1. The van der Waals surface area contributed by atoms with E-state index in [2.05, 4.69) is 0 Å². The molecule has 2 heterocycles. The van der Waals surface area contributed by atoms with Crippen LogP contribution in [0.1, 0.15) is 35.3 Å². The average Bonchev–Trinajstić information content (AvgIpc) is 3.02. The average molecular weight is 301 g/mol. The van der Waals surface area contributed by atoms with Gasteiger partial charge in [0.1, 0.15) is 4.88 Å². The number of aryl methyl sites for hydroxylation is 1. The van der Waals surface area contributed by atoms with Crippen molar-refractivity contribution in [3.63, 3.8) is 0 Å². The maximum Gasteiger partial charge on any atom is 0.350 e. The highest BCUT2D eigenvalue weighted by Crippen LogP contribution is 2.22. The van der Waals surface area contributed by atoms with Gasteiger partial charge < -0.3 is 4.74 Å². The Bertz CT molecular complexity index is 715. The van der Waals surface area contributed by atoms with Gasteiger partial charge >= 0.3 is 5.97 Å². The largest absolute Gasteiger partial charge is 0.439 e. The van der Waals surface area contributed by atoms with E-state index < -0.39 is 17.8 Å². The van der Waals surface area contributed by atoms with Crippen molar-refractivity contribution in [2.45, 2.75) is 6.92 Å². The van der Waals surface area contributed by atoms with E-state index in [4.69, 9.17) is 4.74 Å². The molecule has 0 bridgehead atoms. The number of hydrogen-bond acceptors (Lipinski definition) is 5. The third-order valence-electron chi connectivity index (χ3n) is 3.14. The van der Waals surface area contributed by atoms with Crippen molar-refractivity contribution in [1.29, 1.82) is 0 Å². The summed E-state index contributed by atoms with van der Waals surface area (Å²) in [7, 11) is 0. The Morgan fingerprint density at radius 3 is 2.24 bits per heavy atom. The number of rotatable bonds is 3. The van der Waals surface area contributed by atoms with Crippen LogP contribution in [0.15, 0.2) is 36.4 Å². The molecule has 0 saturated heterocycles. The molecule has 106 valence electrons. The summed E-state index contributed by atoms with van der Waals surface area (Å²) in [4.78, 5) is 38.4. The first-order chi connectivity index (χ1) is 10.1. The number of amides is 2. The van der Waals surface area contributed by atoms with Gasteiger partial charge in [0.2, 0.25) is 0 Å². The van der Waals surface area contributed by atoms with E-state index in [1.165, 1.54) is 11.3 Å². The minimum Gasteiger partial charge on any atom is -0.439 e. The Labute approximate surface area is 124 Å². The molecular weight excluding hydrogens is 290 g/mol. The van der Waals surface area contributed by atoms with Crippen LogP contribution < -0.4 is 0 Å². The van der Waals surface area contributed by atoms with Gasteiger partial charge in [-0.15, -0.1) is 11.3 Å². The Kier molecular flexibility index (Phi) is 3.31. The zero-order valence-corrected chi connectivity index (χ0v) is 12.0. The fourth-order valence-corrected chi connectivity index (χ4v) is 2.86. The summed E-state index contributed by atoms with van der Waals surface area (Å²) in [6, 6.07) is 10.0. The number of benzene rings is 1. The maximum atomic E-state index is 12.1. The van der Waals surface area contributed by atoms with E-state index in [-0.39, 0.29) is 6.73 Å². The second-order valence-corrected chi connectivity index (χ2v) is 5.84. The number of nitrogens with zero attached hydrogens (tertiary/aromatic N) is 1. The number of fused-ring (bicyclic) bond motifs is 1. The number of esters is 1. The third-order valence-corrected chi connectivity index (χ3v) is 4.13. The van der Waals surface area contributed by atoms with Gasteiger partial charge in [-0.1, -0.05) is 12.1 Å². The number of imide groups is 1. The van der Waals surface area contributed by atoms with Crippen molar-refractivity contribution >= 4 is 29.1 Å². The van der Waals surface area contributed by atoms with Gasteiger partial charge in [0.15, 0.2) is 6.73 Å². The van der Waals surface area contributed by atoms with Crippen LogP contribution in [-0.2, 0) is 4.74 Å². The smallest absolute Gasteiger partial charge is 0.350 e. The second kappa shape index (κ2) is 5.14. The highest BCUT2D eigenvalue weighted by Gasteiger charge is 2.35. The fourth-order valence-electron chi connectivity index (χ4n) is 2.09. The van der Waals surface area contributed by atoms with Crippen LogP contribution in [0.3, 0.4) is 0 Å². The Morgan fingerprint density at radius 2 is 1.71 bits per heavy atom. The third kappa shape index (κ3) is 2.34.